The molecule has 0 fully saturated rings. The molecule has 112 valence electrons. The van der Waals surface area contributed by atoms with Crippen LogP contribution < -0.4 is 0 Å². The van der Waals surface area contributed by atoms with Crippen LogP contribution in [-0.2, 0) is 16.2 Å². The van der Waals surface area contributed by atoms with Crippen LogP contribution in [-0.4, -0.2) is 42.5 Å². The van der Waals surface area contributed by atoms with E-state index in [9.17, 15) is 14.9 Å². The molecular formula is C11H19N3O5Si. The number of nitro groups is 1. The van der Waals surface area contributed by atoms with Crippen molar-refractivity contribution < 1.29 is 19.2 Å². The van der Waals surface area contributed by atoms with Crippen LogP contribution in [0, 0.1) is 10.1 Å². The lowest BCUT2D eigenvalue weighted by Gasteiger charge is -2.15. The average molecular weight is 301 g/mol. The number of nitrogens with zero attached hydrogens (tertiary/aromatic N) is 3. The van der Waals surface area contributed by atoms with Crippen molar-refractivity contribution in [2.24, 2.45) is 0 Å². The zero-order chi connectivity index (χ0) is 15.3. The Hall–Kier alpha value is -1.74. The van der Waals surface area contributed by atoms with Gasteiger partial charge in [-0.25, -0.2) is 9.48 Å². The lowest BCUT2D eigenvalue weighted by atomic mass is 10.4. The minimum atomic E-state index is -1.20. The molecule has 0 spiro atoms. The van der Waals surface area contributed by atoms with Crippen molar-refractivity contribution in [1.82, 2.24) is 9.78 Å². The number of hydrogen-bond donors (Lipinski definition) is 0. The molecule has 0 saturated heterocycles. The number of methoxy groups -OCH3 is 1. The average Bonchev–Trinajstić information content (AvgIpc) is 2.76. The fourth-order valence-electron chi connectivity index (χ4n) is 1.44. The molecule has 0 radical (unpaired) electrons. The van der Waals surface area contributed by atoms with Crippen molar-refractivity contribution in [3.8, 4) is 0 Å². The second kappa shape index (κ2) is 6.62. The smallest absolute Gasteiger partial charge is 0.363 e. The molecule has 0 unspecified atom stereocenters. The van der Waals surface area contributed by atoms with Gasteiger partial charge < -0.3 is 9.47 Å². The van der Waals surface area contributed by atoms with E-state index in [0.29, 0.717) is 6.61 Å². The van der Waals surface area contributed by atoms with Crippen molar-refractivity contribution in [2.75, 3.05) is 13.7 Å². The molecule has 0 aliphatic carbocycles. The monoisotopic (exact) mass is 301 g/mol. The van der Waals surface area contributed by atoms with Gasteiger partial charge in [0.25, 0.3) is 0 Å². The SMILES string of the molecule is COC(=O)c1c([N+](=O)[O-])cnn1COCC[Si](C)(C)C. The third-order valence-corrected chi connectivity index (χ3v) is 4.31. The fourth-order valence-corrected chi connectivity index (χ4v) is 2.20. The Kier molecular flexibility index (Phi) is 5.40. The summed E-state index contributed by atoms with van der Waals surface area (Å²) in [7, 11) is -0.0427. The van der Waals surface area contributed by atoms with Crippen molar-refractivity contribution >= 4 is 19.7 Å². The Balaban J connectivity index is 2.75. The Morgan fingerprint density at radius 1 is 1.50 bits per heavy atom. The van der Waals surface area contributed by atoms with E-state index in [1.54, 1.807) is 0 Å². The first-order chi connectivity index (χ1) is 9.26. The van der Waals surface area contributed by atoms with E-state index < -0.39 is 19.0 Å². The van der Waals surface area contributed by atoms with Crippen LogP contribution in [0.3, 0.4) is 0 Å². The Morgan fingerprint density at radius 3 is 2.65 bits per heavy atom. The van der Waals surface area contributed by atoms with Gasteiger partial charge in [0, 0.05) is 14.7 Å². The fraction of sp³-hybridized carbons (Fsp3) is 0.636. The van der Waals surface area contributed by atoms with Gasteiger partial charge in [-0.2, -0.15) is 5.10 Å². The largest absolute Gasteiger partial charge is 0.464 e. The first-order valence-electron chi connectivity index (χ1n) is 6.12. The third-order valence-electron chi connectivity index (χ3n) is 2.61. The quantitative estimate of drug-likeness (QED) is 0.251. The summed E-state index contributed by atoms with van der Waals surface area (Å²) in [5.74, 6) is -0.803. The summed E-state index contributed by atoms with van der Waals surface area (Å²) in [4.78, 5) is 21.7. The number of rotatable bonds is 7. The molecule has 0 saturated carbocycles. The van der Waals surface area contributed by atoms with Crippen LogP contribution in [0.1, 0.15) is 10.5 Å². The number of ether oxygens (including phenoxy) is 2. The van der Waals surface area contributed by atoms with Gasteiger partial charge >= 0.3 is 11.7 Å². The maximum absolute atomic E-state index is 11.6. The molecule has 9 heteroatoms. The Morgan fingerprint density at radius 2 is 2.15 bits per heavy atom. The summed E-state index contributed by atoms with van der Waals surface area (Å²) >= 11 is 0. The lowest BCUT2D eigenvalue weighted by Crippen LogP contribution is -2.22. The van der Waals surface area contributed by atoms with E-state index in [-0.39, 0.29) is 18.1 Å². The van der Waals surface area contributed by atoms with Gasteiger partial charge in [0.15, 0.2) is 0 Å². The van der Waals surface area contributed by atoms with Crippen LogP contribution >= 0.6 is 0 Å². The van der Waals surface area contributed by atoms with Crippen LogP contribution in [0.4, 0.5) is 5.69 Å². The highest BCUT2D eigenvalue weighted by Gasteiger charge is 2.27. The molecule has 0 aliphatic rings. The number of aromatic nitrogens is 2. The van der Waals surface area contributed by atoms with E-state index in [2.05, 4.69) is 29.5 Å². The van der Waals surface area contributed by atoms with Crippen LogP contribution in [0.5, 0.6) is 0 Å². The topological polar surface area (TPSA) is 96.5 Å². The minimum absolute atomic E-state index is 0.0112. The second-order valence-corrected chi connectivity index (χ2v) is 11.1. The summed E-state index contributed by atoms with van der Waals surface area (Å²) in [6.07, 6.45) is 1.02. The summed E-state index contributed by atoms with van der Waals surface area (Å²) in [6, 6.07) is 0.962. The zero-order valence-electron chi connectivity index (χ0n) is 12.1. The van der Waals surface area contributed by atoms with Crippen LogP contribution in [0.2, 0.25) is 25.7 Å². The summed E-state index contributed by atoms with van der Waals surface area (Å²) in [5, 5.41) is 14.6. The summed E-state index contributed by atoms with van der Waals surface area (Å²) in [5.41, 5.74) is -0.587. The summed E-state index contributed by atoms with van der Waals surface area (Å²) in [6.45, 7) is 7.17. The van der Waals surface area contributed by atoms with E-state index in [1.807, 2.05) is 0 Å². The van der Waals surface area contributed by atoms with Crippen molar-refractivity contribution in [3.05, 3.63) is 22.0 Å². The molecule has 1 heterocycles. The molecule has 8 nitrogen and oxygen atoms in total. The van der Waals surface area contributed by atoms with Crippen LogP contribution in [0.25, 0.3) is 0 Å². The molecule has 1 aromatic heterocycles. The highest BCUT2D eigenvalue weighted by molar-refractivity contribution is 6.76. The molecule has 0 aromatic carbocycles. The Bertz CT molecular complexity index is 495. The molecule has 0 amide bonds. The van der Waals surface area contributed by atoms with Gasteiger partial charge in [-0.1, -0.05) is 19.6 Å². The van der Waals surface area contributed by atoms with Gasteiger partial charge in [0.1, 0.15) is 12.9 Å². The van der Waals surface area contributed by atoms with Gasteiger partial charge in [0.2, 0.25) is 5.69 Å². The molecule has 20 heavy (non-hydrogen) atoms. The maximum Gasteiger partial charge on any atom is 0.363 e. The predicted molar refractivity (Wildman–Crippen MR) is 74.3 cm³/mol. The van der Waals surface area contributed by atoms with E-state index >= 15 is 0 Å². The first kappa shape index (κ1) is 16.3. The standard InChI is InChI=1S/C11H19N3O5Si/c1-18-11(15)10-9(14(16)17)7-12-13(10)8-19-5-6-20(2,3)4/h7H,5-6,8H2,1-4H3. The zero-order valence-corrected chi connectivity index (χ0v) is 13.1. The van der Waals surface area contributed by atoms with Crippen molar-refractivity contribution in [3.63, 3.8) is 0 Å². The number of esters is 1. The number of hydrogen-bond acceptors (Lipinski definition) is 6. The first-order valence-corrected chi connectivity index (χ1v) is 9.83. The highest BCUT2D eigenvalue weighted by Crippen LogP contribution is 2.19. The molecule has 1 rings (SSSR count). The molecule has 0 N–H and O–H groups in total. The normalized spacial score (nSPS) is 11.4. The predicted octanol–water partition coefficient (Wildman–Crippen LogP) is 1.89. The molecule has 0 bridgehead atoms. The molecule has 0 atom stereocenters. The Labute approximate surface area is 117 Å². The minimum Gasteiger partial charge on any atom is -0.464 e. The summed E-state index contributed by atoms with van der Waals surface area (Å²) < 4.78 is 11.1. The maximum atomic E-state index is 11.6. The van der Waals surface area contributed by atoms with E-state index in [1.165, 1.54) is 0 Å². The van der Waals surface area contributed by atoms with Crippen LogP contribution in [0.15, 0.2) is 6.20 Å². The highest BCUT2D eigenvalue weighted by atomic mass is 28.3. The third kappa shape index (κ3) is 4.42. The van der Waals surface area contributed by atoms with Crippen molar-refractivity contribution in [2.45, 2.75) is 32.4 Å². The van der Waals surface area contributed by atoms with Gasteiger partial charge in [-0.05, 0) is 6.04 Å². The number of carbonyl (C=O) groups excluding carboxylic acids is 1. The molecule has 0 aliphatic heterocycles. The van der Waals surface area contributed by atoms with Gasteiger partial charge in [-0.15, -0.1) is 0 Å². The van der Waals surface area contributed by atoms with Gasteiger partial charge in [-0.3, -0.25) is 10.1 Å². The number of carbonyl (C=O) groups is 1. The van der Waals surface area contributed by atoms with Crippen molar-refractivity contribution in [1.29, 1.82) is 0 Å². The van der Waals surface area contributed by atoms with Gasteiger partial charge in [0.05, 0.1) is 12.0 Å². The molecular weight excluding hydrogens is 282 g/mol. The lowest BCUT2D eigenvalue weighted by molar-refractivity contribution is -0.385. The van der Waals surface area contributed by atoms with E-state index in [4.69, 9.17) is 4.74 Å². The molecule has 1 aromatic rings. The van der Waals surface area contributed by atoms with E-state index in [0.717, 1.165) is 24.0 Å². The second-order valence-electron chi connectivity index (χ2n) is 5.47.